The summed E-state index contributed by atoms with van der Waals surface area (Å²) in [7, 11) is 1.95. The van der Waals surface area contributed by atoms with Crippen LogP contribution in [-0.4, -0.2) is 59.2 Å². The number of hydrogen-bond donors (Lipinski definition) is 0. The number of likely N-dealkylation sites (N-methyl/N-ethyl adjacent to an activating group) is 1. The van der Waals surface area contributed by atoms with Gasteiger partial charge < -0.3 is 9.80 Å². The molecule has 1 amide bonds. The molecule has 0 bridgehead atoms. The van der Waals surface area contributed by atoms with Crippen LogP contribution in [0.25, 0.3) is 0 Å². The highest BCUT2D eigenvalue weighted by atomic mass is 32.2. The first-order valence-corrected chi connectivity index (χ1v) is 10.3. The van der Waals surface area contributed by atoms with Crippen molar-refractivity contribution in [3.63, 3.8) is 0 Å². The molecule has 5 heteroatoms. The largest absolute Gasteiger partial charge is 0.341 e. The number of carbonyl (C=O) groups is 1. The molecule has 2 aromatic rings. The zero-order valence-corrected chi connectivity index (χ0v) is 16.2. The maximum atomic E-state index is 12.6. The molecule has 138 valence electrons. The summed E-state index contributed by atoms with van der Waals surface area (Å²) < 4.78 is 0. The van der Waals surface area contributed by atoms with Crippen molar-refractivity contribution in [2.75, 3.05) is 32.4 Å². The van der Waals surface area contributed by atoms with Gasteiger partial charge in [-0.3, -0.25) is 4.79 Å². The molecule has 2 heterocycles. The fourth-order valence-corrected chi connectivity index (χ4v) is 4.14. The number of pyridine rings is 1. The molecule has 1 aliphatic rings. The molecule has 0 radical (unpaired) electrons. The predicted molar refractivity (Wildman–Crippen MR) is 107 cm³/mol. The van der Waals surface area contributed by atoms with Gasteiger partial charge >= 0.3 is 0 Å². The van der Waals surface area contributed by atoms with Crippen molar-refractivity contribution >= 4 is 17.7 Å². The highest BCUT2D eigenvalue weighted by molar-refractivity contribution is 7.99. The van der Waals surface area contributed by atoms with Gasteiger partial charge in [0.05, 0.1) is 10.8 Å². The van der Waals surface area contributed by atoms with Crippen LogP contribution in [0.15, 0.2) is 59.8 Å². The molecule has 1 aromatic carbocycles. The van der Waals surface area contributed by atoms with E-state index >= 15 is 0 Å². The lowest BCUT2D eigenvalue weighted by Crippen LogP contribution is -2.49. The Balaban J connectivity index is 1.46. The molecule has 26 heavy (non-hydrogen) atoms. The highest BCUT2D eigenvalue weighted by Crippen LogP contribution is 2.19. The zero-order chi connectivity index (χ0) is 18.2. The zero-order valence-electron chi connectivity index (χ0n) is 15.4. The van der Waals surface area contributed by atoms with Gasteiger partial charge in [0.2, 0.25) is 5.91 Å². The van der Waals surface area contributed by atoms with E-state index in [1.807, 2.05) is 30.1 Å². The minimum Gasteiger partial charge on any atom is -0.341 e. The van der Waals surface area contributed by atoms with Crippen LogP contribution < -0.4 is 0 Å². The average Bonchev–Trinajstić information content (AvgIpc) is 2.71. The fraction of sp³-hybridized carbons (Fsp3) is 0.429. The van der Waals surface area contributed by atoms with Crippen LogP contribution in [0.4, 0.5) is 0 Å². The van der Waals surface area contributed by atoms with Gasteiger partial charge in [0.25, 0.3) is 0 Å². The van der Waals surface area contributed by atoms with Crippen molar-refractivity contribution in [1.82, 2.24) is 14.8 Å². The number of likely N-dealkylation sites (tertiary alicyclic amines) is 1. The summed E-state index contributed by atoms with van der Waals surface area (Å²) in [5.74, 6) is 0.643. The lowest BCUT2D eigenvalue weighted by molar-refractivity contribution is -0.130. The number of nitrogens with zero attached hydrogens (tertiary/aromatic N) is 3. The van der Waals surface area contributed by atoms with Crippen LogP contribution in [0.5, 0.6) is 0 Å². The van der Waals surface area contributed by atoms with Crippen LogP contribution in [0.3, 0.4) is 0 Å². The van der Waals surface area contributed by atoms with Crippen LogP contribution in [0, 0.1) is 0 Å². The normalized spacial score (nSPS) is 17.8. The summed E-state index contributed by atoms with van der Waals surface area (Å²) in [5, 5.41) is 0.905. The third-order valence-corrected chi connectivity index (χ3v) is 5.89. The second-order valence-corrected chi connectivity index (χ2v) is 7.79. The van der Waals surface area contributed by atoms with E-state index in [1.165, 1.54) is 17.3 Å². The van der Waals surface area contributed by atoms with Crippen LogP contribution in [-0.2, 0) is 11.2 Å². The lowest BCUT2D eigenvalue weighted by Gasteiger charge is -2.37. The molecule has 1 atom stereocenters. The van der Waals surface area contributed by atoms with Gasteiger partial charge in [0, 0.05) is 32.4 Å². The van der Waals surface area contributed by atoms with E-state index in [1.54, 1.807) is 6.20 Å². The Morgan fingerprint density at radius 3 is 2.81 bits per heavy atom. The Morgan fingerprint density at radius 1 is 1.23 bits per heavy atom. The second-order valence-electron chi connectivity index (χ2n) is 6.79. The smallest absolute Gasteiger partial charge is 0.233 e. The summed E-state index contributed by atoms with van der Waals surface area (Å²) in [4.78, 5) is 21.3. The molecule has 4 nitrogen and oxygen atoms in total. The van der Waals surface area contributed by atoms with Crippen molar-refractivity contribution in [2.24, 2.45) is 0 Å². The van der Waals surface area contributed by atoms with E-state index in [9.17, 15) is 4.79 Å². The van der Waals surface area contributed by atoms with Crippen molar-refractivity contribution in [3.05, 3.63) is 60.3 Å². The molecular formula is C21H27N3OS. The third kappa shape index (κ3) is 5.58. The van der Waals surface area contributed by atoms with E-state index in [4.69, 9.17) is 0 Å². The first kappa shape index (κ1) is 18.9. The summed E-state index contributed by atoms with van der Waals surface area (Å²) in [6, 6.07) is 16.7. The molecule has 0 saturated carbocycles. The minimum absolute atomic E-state index is 0.190. The molecule has 0 unspecified atom stereocenters. The van der Waals surface area contributed by atoms with Crippen molar-refractivity contribution in [2.45, 2.75) is 30.3 Å². The number of hydrogen-bond acceptors (Lipinski definition) is 4. The standard InChI is InChI=1S/C21H27N3OS/c1-23(21(25)17-26-20-11-5-6-13-22-20)19-10-7-14-24(16-19)15-12-18-8-3-2-4-9-18/h2-6,8-9,11,13,19H,7,10,12,14-17H2,1H3/t19-/m1/s1. The number of aromatic nitrogens is 1. The Labute approximate surface area is 160 Å². The number of thioether (sulfide) groups is 1. The first-order chi connectivity index (χ1) is 12.7. The van der Waals surface area contributed by atoms with E-state index in [0.717, 1.165) is 43.9 Å². The molecule has 1 aliphatic heterocycles. The Hall–Kier alpha value is -1.85. The van der Waals surface area contributed by atoms with Gasteiger partial charge in [-0.25, -0.2) is 4.98 Å². The Kier molecular flexibility index (Phi) is 7.09. The minimum atomic E-state index is 0.190. The summed E-state index contributed by atoms with van der Waals surface area (Å²) in [5.41, 5.74) is 1.38. The quantitative estimate of drug-likeness (QED) is 0.702. The van der Waals surface area contributed by atoms with Gasteiger partial charge in [-0.1, -0.05) is 48.2 Å². The molecule has 3 rings (SSSR count). The van der Waals surface area contributed by atoms with Crippen LogP contribution in [0.2, 0.25) is 0 Å². The highest BCUT2D eigenvalue weighted by Gasteiger charge is 2.25. The molecule has 1 fully saturated rings. The number of rotatable bonds is 7. The summed E-state index contributed by atoms with van der Waals surface area (Å²) >= 11 is 1.51. The van der Waals surface area contributed by atoms with E-state index in [2.05, 4.69) is 40.2 Å². The molecule has 0 N–H and O–H groups in total. The average molecular weight is 370 g/mol. The predicted octanol–water partition coefficient (Wildman–Crippen LogP) is 3.34. The monoisotopic (exact) mass is 369 g/mol. The van der Waals surface area contributed by atoms with E-state index < -0.39 is 0 Å². The fourth-order valence-electron chi connectivity index (χ4n) is 3.36. The van der Waals surface area contributed by atoms with E-state index in [0.29, 0.717) is 11.8 Å². The Bertz CT molecular complexity index is 680. The van der Waals surface area contributed by atoms with Gasteiger partial charge in [-0.2, -0.15) is 0 Å². The van der Waals surface area contributed by atoms with Gasteiger partial charge in [-0.15, -0.1) is 0 Å². The summed E-state index contributed by atoms with van der Waals surface area (Å²) in [6.45, 7) is 3.17. The van der Waals surface area contributed by atoms with Gasteiger partial charge in [0.15, 0.2) is 0 Å². The van der Waals surface area contributed by atoms with Crippen molar-refractivity contribution in [3.8, 4) is 0 Å². The first-order valence-electron chi connectivity index (χ1n) is 9.28. The number of carbonyl (C=O) groups excluding carboxylic acids is 1. The summed E-state index contributed by atoms with van der Waals surface area (Å²) in [6.07, 6.45) is 5.09. The third-order valence-electron chi connectivity index (χ3n) is 4.96. The van der Waals surface area contributed by atoms with Crippen LogP contribution in [0.1, 0.15) is 18.4 Å². The number of amides is 1. The molecule has 1 aromatic heterocycles. The maximum Gasteiger partial charge on any atom is 0.233 e. The van der Waals surface area contributed by atoms with E-state index in [-0.39, 0.29) is 5.91 Å². The van der Waals surface area contributed by atoms with Crippen molar-refractivity contribution in [1.29, 1.82) is 0 Å². The number of benzene rings is 1. The molecule has 0 aliphatic carbocycles. The number of piperidine rings is 1. The van der Waals surface area contributed by atoms with Gasteiger partial charge in [-0.05, 0) is 43.5 Å². The second kappa shape index (κ2) is 9.74. The molecule has 0 spiro atoms. The maximum absolute atomic E-state index is 12.6. The van der Waals surface area contributed by atoms with Crippen molar-refractivity contribution < 1.29 is 4.79 Å². The SMILES string of the molecule is CN(C(=O)CSc1ccccn1)[C@@H]1CCCN(CCc2ccccc2)C1. The van der Waals surface area contributed by atoms with Crippen LogP contribution >= 0.6 is 11.8 Å². The van der Waals surface area contributed by atoms with Gasteiger partial charge in [0.1, 0.15) is 0 Å². The molecule has 1 saturated heterocycles. The Morgan fingerprint density at radius 2 is 2.04 bits per heavy atom. The topological polar surface area (TPSA) is 36.4 Å². The lowest BCUT2D eigenvalue weighted by atomic mass is 10.0. The molecular weight excluding hydrogens is 342 g/mol.